The summed E-state index contributed by atoms with van der Waals surface area (Å²) in [5.41, 5.74) is 4.14. The Kier molecular flexibility index (Phi) is 6.33. The van der Waals surface area contributed by atoms with Crippen molar-refractivity contribution in [2.24, 2.45) is 14.1 Å². The Morgan fingerprint density at radius 1 is 1.16 bits per heavy atom. The van der Waals surface area contributed by atoms with Gasteiger partial charge < -0.3 is 9.47 Å². The van der Waals surface area contributed by atoms with E-state index in [0.29, 0.717) is 25.4 Å². The van der Waals surface area contributed by atoms with E-state index in [1.54, 1.807) is 0 Å². The van der Waals surface area contributed by atoms with Gasteiger partial charge in [-0.3, -0.25) is 14.3 Å². The van der Waals surface area contributed by atoms with Crippen molar-refractivity contribution >= 4 is 0 Å². The zero-order valence-electron chi connectivity index (χ0n) is 18.0. The molecule has 3 aromatic rings. The van der Waals surface area contributed by atoms with E-state index in [4.69, 9.17) is 9.47 Å². The summed E-state index contributed by atoms with van der Waals surface area (Å²) >= 11 is 0. The Morgan fingerprint density at radius 3 is 2.74 bits per heavy atom. The molecule has 2 aromatic heterocycles. The lowest BCUT2D eigenvalue weighted by atomic mass is 10.1. The van der Waals surface area contributed by atoms with Crippen LogP contribution in [0.15, 0.2) is 30.5 Å². The maximum absolute atomic E-state index is 13.3. The average molecular weight is 431 g/mol. The molecule has 0 radical (unpaired) electrons. The van der Waals surface area contributed by atoms with E-state index in [-0.39, 0.29) is 6.10 Å². The van der Waals surface area contributed by atoms with Crippen molar-refractivity contribution in [3.63, 3.8) is 0 Å². The number of morpholine rings is 1. The van der Waals surface area contributed by atoms with Crippen molar-refractivity contribution < 1.29 is 18.3 Å². The molecule has 0 aliphatic carbocycles. The lowest BCUT2D eigenvalue weighted by molar-refractivity contribution is -0.0352. The topological polar surface area (TPSA) is 57.3 Å². The van der Waals surface area contributed by atoms with E-state index in [0.717, 1.165) is 48.8 Å². The lowest BCUT2D eigenvalue weighted by Gasteiger charge is -2.31. The molecule has 1 fully saturated rings. The second-order valence-corrected chi connectivity index (χ2v) is 7.87. The minimum atomic E-state index is -0.916. The zero-order valence-corrected chi connectivity index (χ0v) is 18.0. The molecule has 4 rings (SSSR count). The minimum Gasteiger partial charge on any atom is -0.493 e. The second-order valence-electron chi connectivity index (χ2n) is 7.87. The van der Waals surface area contributed by atoms with Crippen LogP contribution in [0.3, 0.4) is 0 Å². The molecule has 0 saturated carbocycles. The number of hydrogen-bond acceptors (Lipinski definition) is 5. The minimum absolute atomic E-state index is 0.0993. The Balaban J connectivity index is 1.35. The zero-order chi connectivity index (χ0) is 22.0. The van der Waals surface area contributed by atoms with Gasteiger partial charge in [-0.15, -0.1) is 0 Å². The summed E-state index contributed by atoms with van der Waals surface area (Å²) in [5, 5.41) is 9.05. The number of rotatable bonds is 7. The van der Waals surface area contributed by atoms with E-state index in [9.17, 15) is 8.78 Å². The molecular weight excluding hydrogens is 404 g/mol. The van der Waals surface area contributed by atoms with Crippen LogP contribution in [0, 0.1) is 18.6 Å². The molecule has 1 atom stereocenters. The Hall–Kier alpha value is -2.78. The Morgan fingerprint density at radius 2 is 2.00 bits per heavy atom. The van der Waals surface area contributed by atoms with Gasteiger partial charge in [-0.25, -0.2) is 8.78 Å². The predicted octanol–water partition coefficient (Wildman–Crippen LogP) is 2.94. The molecule has 1 aromatic carbocycles. The fourth-order valence-electron chi connectivity index (χ4n) is 3.83. The van der Waals surface area contributed by atoms with Crippen molar-refractivity contribution in [2.45, 2.75) is 26.0 Å². The number of halogens is 2. The highest BCUT2D eigenvalue weighted by Crippen LogP contribution is 2.24. The van der Waals surface area contributed by atoms with Gasteiger partial charge in [0.25, 0.3) is 0 Å². The average Bonchev–Trinajstić information content (AvgIpc) is 3.26. The number of aromatic nitrogens is 4. The van der Waals surface area contributed by atoms with Crippen LogP contribution in [-0.4, -0.2) is 50.8 Å². The fourth-order valence-corrected chi connectivity index (χ4v) is 3.83. The first kappa shape index (κ1) is 21.5. The number of ether oxygens (including phenoxy) is 2. The largest absolute Gasteiger partial charge is 0.493 e. The molecule has 1 aliphatic heterocycles. The molecule has 1 unspecified atom stereocenters. The highest BCUT2D eigenvalue weighted by atomic mass is 19.2. The highest BCUT2D eigenvalue weighted by molar-refractivity contribution is 5.24. The number of aryl methyl sites for hydroxylation is 3. The molecule has 0 N–H and O–H groups in total. The predicted molar refractivity (Wildman–Crippen MR) is 111 cm³/mol. The van der Waals surface area contributed by atoms with Crippen molar-refractivity contribution in [1.82, 2.24) is 24.5 Å². The Labute approximate surface area is 180 Å². The molecule has 7 nitrogen and oxygen atoms in total. The van der Waals surface area contributed by atoms with Crippen molar-refractivity contribution in [2.75, 3.05) is 26.3 Å². The quantitative estimate of drug-likeness (QED) is 0.576. The van der Waals surface area contributed by atoms with E-state index in [1.165, 1.54) is 11.6 Å². The molecule has 9 heteroatoms. The van der Waals surface area contributed by atoms with Crippen molar-refractivity contribution in [3.8, 4) is 5.75 Å². The summed E-state index contributed by atoms with van der Waals surface area (Å²) in [5.74, 6) is -1.50. The monoisotopic (exact) mass is 431 g/mol. The molecule has 0 spiro atoms. The fraction of sp³-hybridized carbons (Fsp3) is 0.455. The third kappa shape index (κ3) is 5.11. The molecule has 1 saturated heterocycles. The molecule has 31 heavy (non-hydrogen) atoms. The van der Waals surface area contributed by atoms with Crippen LogP contribution in [0.5, 0.6) is 5.75 Å². The van der Waals surface area contributed by atoms with E-state index < -0.39 is 11.6 Å². The summed E-state index contributed by atoms with van der Waals surface area (Å²) < 4.78 is 41.5. The summed E-state index contributed by atoms with van der Waals surface area (Å²) in [6, 6.07) is 5.56. The third-order valence-corrected chi connectivity index (χ3v) is 5.50. The van der Waals surface area contributed by atoms with E-state index in [2.05, 4.69) is 21.3 Å². The van der Waals surface area contributed by atoms with Gasteiger partial charge in [0.1, 0.15) is 11.9 Å². The molecule has 0 bridgehead atoms. The number of hydrogen-bond donors (Lipinski definition) is 0. The summed E-state index contributed by atoms with van der Waals surface area (Å²) in [6.07, 6.45) is 2.55. The van der Waals surface area contributed by atoms with Crippen LogP contribution in [0.2, 0.25) is 0 Å². The molecule has 0 amide bonds. The normalized spacial score (nSPS) is 17.3. The van der Waals surface area contributed by atoms with Crippen molar-refractivity contribution in [3.05, 3.63) is 64.7 Å². The first-order valence-corrected chi connectivity index (χ1v) is 10.3. The standard InChI is InChI=1S/C22H27F2N5O2/c1-15-16(12-27(2)25-15)13-29-7-9-31-22(14-29)21-10-17(28(3)26-21)6-8-30-18-4-5-19(23)20(24)11-18/h4-5,10-12,22H,6-9,13-14H2,1-3H3. The van der Waals surface area contributed by atoms with Crippen LogP contribution in [0.4, 0.5) is 8.78 Å². The smallest absolute Gasteiger partial charge is 0.162 e. The summed E-state index contributed by atoms with van der Waals surface area (Å²) in [6.45, 7) is 5.47. The Bertz CT molecular complexity index is 1050. The number of nitrogens with zero attached hydrogens (tertiary/aromatic N) is 5. The van der Waals surface area contributed by atoms with Gasteiger partial charge in [0, 0.05) is 63.7 Å². The second kappa shape index (κ2) is 9.15. The van der Waals surface area contributed by atoms with Crippen LogP contribution in [-0.2, 0) is 31.8 Å². The van der Waals surface area contributed by atoms with Crippen LogP contribution < -0.4 is 4.74 Å². The van der Waals surface area contributed by atoms with E-state index >= 15 is 0 Å². The van der Waals surface area contributed by atoms with Crippen LogP contribution >= 0.6 is 0 Å². The van der Waals surface area contributed by atoms with Crippen LogP contribution in [0.25, 0.3) is 0 Å². The first-order chi connectivity index (χ1) is 14.9. The summed E-state index contributed by atoms with van der Waals surface area (Å²) in [4.78, 5) is 2.36. The van der Waals surface area contributed by atoms with Crippen LogP contribution in [0.1, 0.15) is 28.7 Å². The van der Waals surface area contributed by atoms with Crippen molar-refractivity contribution in [1.29, 1.82) is 0 Å². The van der Waals surface area contributed by atoms with Gasteiger partial charge in [0.15, 0.2) is 11.6 Å². The maximum Gasteiger partial charge on any atom is 0.162 e. The van der Waals surface area contributed by atoms with E-state index in [1.807, 2.05) is 36.4 Å². The van der Waals surface area contributed by atoms with Gasteiger partial charge in [0.2, 0.25) is 0 Å². The van der Waals surface area contributed by atoms with Gasteiger partial charge in [-0.1, -0.05) is 0 Å². The molecule has 166 valence electrons. The third-order valence-electron chi connectivity index (χ3n) is 5.50. The molecule has 3 heterocycles. The van der Waals surface area contributed by atoms with Gasteiger partial charge >= 0.3 is 0 Å². The maximum atomic E-state index is 13.3. The first-order valence-electron chi connectivity index (χ1n) is 10.3. The summed E-state index contributed by atoms with van der Waals surface area (Å²) in [7, 11) is 3.82. The van der Waals surface area contributed by atoms with Gasteiger partial charge in [0.05, 0.1) is 24.6 Å². The number of benzene rings is 1. The molecular formula is C22H27F2N5O2. The van der Waals surface area contributed by atoms with Gasteiger partial charge in [-0.05, 0) is 25.1 Å². The highest BCUT2D eigenvalue weighted by Gasteiger charge is 2.25. The SMILES string of the molecule is Cc1nn(C)cc1CN1CCOC(c2cc(CCOc3ccc(F)c(F)c3)n(C)n2)C1. The molecule has 1 aliphatic rings. The lowest BCUT2D eigenvalue weighted by Crippen LogP contribution is -2.38. The van der Waals surface area contributed by atoms with Gasteiger partial charge in [-0.2, -0.15) is 10.2 Å².